The molecule has 0 bridgehead atoms. The van der Waals surface area contributed by atoms with E-state index in [4.69, 9.17) is 11.6 Å². The molecule has 0 atom stereocenters. The predicted octanol–water partition coefficient (Wildman–Crippen LogP) is 2.83. The molecule has 2 nitrogen and oxygen atoms in total. The zero-order valence-electron chi connectivity index (χ0n) is 8.88. The minimum Gasteiger partial charge on any atom is -0.251 e. The molecule has 1 N–H and O–H groups in total. The molecule has 0 amide bonds. The van der Waals surface area contributed by atoms with Crippen molar-refractivity contribution in [2.45, 2.75) is 25.8 Å². The summed E-state index contributed by atoms with van der Waals surface area (Å²) in [6.45, 7) is 3.21. The van der Waals surface area contributed by atoms with Gasteiger partial charge in [0, 0.05) is 24.7 Å². The Kier molecular flexibility index (Phi) is 4.01. The van der Waals surface area contributed by atoms with E-state index in [1.54, 1.807) is 0 Å². The molecule has 15 heavy (non-hydrogen) atoms. The zero-order valence-corrected chi connectivity index (χ0v) is 9.63. The van der Waals surface area contributed by atoms with Crippen molar-refractivity contribution in [2.24, 2.45) is 0 Å². The predicted molar refractivity (Wildman–Crippen MR) is 63.7 cm³/mol. The van der Waals surface area contributed by atoms with E-state index in [1.165, 1.54) is 37.9 Å². The van der Waals surface area contributed by atoms with Crippen molar-refractivity contribution in [1.82, 2.24) is 10.4 Å². The van der Waals surface area contributed by atoms with E-state index in [-0.39, 0.29) is 0 Å². The summed E-state index contributed by atoms with van der Waals surface area (Å²) >= 11 is 5.92. The number of nitrogens with one attached hydrogen (secondary N) is 1. The first-order chi connectivity index (χ1) is 7.34. The van der Waals surface area contributed by atoms with E-state index in [2.05, 4.69) is 16.5 Å². The van der Waals surface area contributed by atoms with Crippen LogP contribution in [0.25, 0.3) is 0 Å². The maximum absolute atomic E-state index is 5.92. The number of rotatable bonds is 3. The first-order valence-corrected chi connectivity index (χ1v) is 5.95. The summed E-state index contributed by atoms with van der Waals surface area (Å²) in [7, 11) is 0. The second-order valence-electron chi connectivity index (χ2n) is 4.01. The van der Waals surface area contributed by atoms with E-state index < -0.39 is 0 Å². The maximum Gasteiger partial charge on any atom is 0.0409 e. The van der Waals surface area contributed by atoms with Crippen molar-refractivity contribution in [3.63, 3.8) is 0 Å². The lowest BCUT2D eigenvalue weighted by Crippen LogP contribution is -2.41. The second-order valence-corrected chi connectivity index (χ2v) is 4.45. The van der Waals surface area contributed by atoms with Crippen LogP contribution in [-0.4, -0.2) is 18.1 Å². The van der Waals surface area contributed by atoms with Crippen molar-refractivity contribution < 1.29 is 0 Å². The maximum atomic E-state index is 5.92. The molecular formula is C12H17ClN2. The molecule has 0 spiro atoms. The van der Waals surface area contributed by atoms with Gasteiger partial charge in [0.2, 0.25) is 0 Å². The van der Waals surface area contributed by atoms with Gasteiger partial charge in [-0.2, -0.15) is 0 Å². The Hall–Kier alpha value is -0.570. The average molecular weight is 225 g/mol. The molecule has 0 aliphatic carbocycles. The van der Waals surface area contributed by atoms with E-state index in [0.717, 1.165) is 11.6 Å². The summed E-state index contributed by atoms with van der Waals surface area (Å²) in [4.78, 5) is 0. The number of hydrazine groups is 1. The summed E-state index contributed by atoms with van der Waals surface area (Å²) in [5, 5.41) is 3.12. The quantitative estimate of drug-likeness (QED) is 0.850. The number of hydrogen-bond acceptors (Lipinski definition) is 2. The molecule has 0 saturated carbocycles. The summed E-state index contributed by atoms with van der Waals surface area (Å²) in [6, 6.07) is 8.02. The molecular weight excluding hydrogens is 208 g/mol. The van der Waals surface area contributed by atoms with Gasteiger partial charge in [0.05, 0.1) is 0 Å². The van der Waals surface area contributed by atoms with Gasteiger partial charge in [0.15, 0.2) is 0 Å². The SMILES string of the molecule is Clc1cccc(CNN2CCCCC2)c1. The highest BCUT2D eigenvalue weighted by Gasteiger charge is 2.08. The summed E-state index contributed by atoms with van der Waals surface area (Å²) in [5.41, 5.74) is 4.68. The van der Waals surface area contributed by atoms with E-state index in [0.29, 0.717) is 0 Å². The molecule has 1 aromatic carbocycles. The van der Waals surface area contributed by atoms with Gasteiger partial charge >= 0.3 is 0 Å². The van der Waals surface area contributed by atoms with Crippen LogP contribution in [-0.2, 0) is 6.54 Å². The monoisotopic (exact) mass is 224 g/mol. The molecule has 82 valence electrons. The van der Waals surface area contributed by atoms with Gasteiger partial charge in [0.25, 0.3) is 0 Å². The molecule has 0 radical (unpaired) electrons. The van der Waals surface area contributed by atoms with Gasteiger partial charge in [-0.25, -0.2) is 5.01 Å². The lowest BCUT2D eigenvalue weighted by atomic mass is 10.2. The Balaban J connectivity index is 1.81. The van der Waals surface area contributed by atoms with Crippen molar-refractivity contribution in [1.29, 1.82) is 0 Å². The van der Waals surface area contributed by atoms with Gasteiger partial charge < -0.3 is 0 Å². The van der Waals surface area contributed by atoms with Crippen molar-refractivity contribution in [2.75, 3.05) is 13.1 Å². The highest BCUT2D eigenvalue weighted by molar-refractivity contribution is 6.30. The third kappa shape index (κ3) is 3.49. The second kappa shape index (κ2) is 5.50. The lowest BCUT2D eigenvalue weighted by molar-refractivity contribution is 0.151. The number of halogens is 1. The fourth-order valence-electron chi connectivity index (χ4n) is 1.90. The highest BCUT2D eigenvalue weighted by Crippen LogP contribution is 2.11. The van der Waals surface area contributed by atoms with Crippen LogP contribution in [0.2, 0.25) is 5.02 Å². The Bertz CT molecular complexity index is 308. The number of nitrogens with zero attached hydrogens (tertiary/aromatic N) is 1. The molecule has 1 aromatic rings. The van der Waals surface area contributed by atoms with Gasteiger partial charge in [-0.3, -0.25) is 5.43 Å². The standard InChI is InChI=1S/C12H17ClN2/c13-12-6-4-5-11(9-12)10-14-15-7-2-1-3-8-15/h4-6,9,14H,1-3,7-8,10H2. The van der Waals surface area contributed by atoms with Crippen LogP contribution in [0.5, 0.6) is 0 Å². The number of benzene rings is 1. The fraction of sp³-hybridized carbons (Fsp3) is 0.500. The average Bonchev–Trinajstić information content (AvgIpc) is 2.28. The first kappa shape index (κ1) is 10.9. The third-order valence-corrected chi connectivity index (χ3v) is 2.99. The van der Waals surface area contributed by atoms with E-state index in [1.807, 2.05) is 18.2 Å². The van der Waals surface area contributed by atoms with Crippen molar-refractivity contribution in [3.05, 3.63) is 34.9 Å². The van der Waals surface area contributed by atoms with Gasteiger partial charge in [-0.05, 0) is 30.5 Å². The Morgan fingerprint density at radius 1 is 1.20 bits per heavy atom. The van der Waals surface area contributed by atoms with Crippen LogP contribution in [0.15, 0.2) is 24.3 Å². The Labute approximate surface area is 96.2 Å². The molecule has 1 aliphatic heterocycles. The van der Waals surface area contributed by atoms with E-state index >= 15 is 0 Å². The fourth-order valence-corrected chi connectivity index (χ4v) is 2.11. The van der Waals surface area contributed by atoms with Crippen LogP contribution in [0, 0.1) is 0 Å². The topological polar surface area (TPSA) is 15.3 Å². The Morgan fingerprint density at radius 2 is 2.00 bits per heavy atom. The summed E-state index contributed by atoms with van der Waals surface area (Å²) < 4.78 is 0. The van der Waals surface area contributed by atoms with Gasteiger partial charge in [0.1, 0.15) is 0 Å². The largest absolute Gasteiger partial charge is 0.251 e. The Morgan fingerprint density at radius 3 is 2.73 bits per heavy atom. The van der Waals surface area contributed by atoms with Crippen molar-refractivity contribution >= 4 is 11.6 Å². The molecule has 0 aromatic heterocycles. The van der Waals surface area contributed by atoms with Crippen LogP contribution < -0.4 is 5.43 Å². The van der Waals surface area contributed by atoms with Crippen LogP contribution in [0.1, 0.15) is 24.8 Å². The lowest BCUT2D eigenvalue weighted by Gasteiger charge is -2.27. The molecule has 0 unspecified atom stereocenters. The summed E-state index contributed by atoms with van der Waals surface area (Å²) in [6.07, 6.45) is 3.99. The smallest absolute Gasteiger partial charge is 0.0409 e. The molecule has 1 heterocycles. The number of piperidine rings is 1. The molecule has 2 rings (SSSR count). The van der Waals surface area contributed by atoms with Gasteiger partial charge in [-0.15, -0.1) is 0 Å². The molecule has 1 saturated heterocycles. The zero-order chi connectivity index (χ0) is 10.5. The highest BCUT2D eigenvalue weighted by atomic mass is 35.5. The summed E-state index contributed by atoms with van der Waals surface area (Å²) in [5.74, 6) is 0. The minimum atomic E-state index is 0.813. The third-order valence-electron chi connectivity index (χ3n) is 2.75. The minimum absolute atomic E-state index is 0.813. The molecule has 1 fully saturated rings. The normalized spacial score (nSPS) is 17.9. The van der Waals surface area contributed by atoms with Crippen LogP contribution in [0.3, 0.4) is 0 Å². The molecule has 1 aliphatic rings. The van der Waals surface area contributed by atoms with Crippen LogP contribution >= 0.6 is 11.6 Å². The van der Waals surface area contributed by atoms with Crippen LogP contribution in [0.4, 0.5) is 0 Å². The van der Waals surface area contributed by atoms with E-state index in [9.17, 15) is 0 Å². The number of hydrogen-bond donors (Lipinski definition) is 1. The first-order valence-electron chi connectivity index (χ1n) is 5.57. The van der Waals surface area contributed by atoms with Crippen molar-refractivity contribution in [3.8, 4) is 0 Å². The van der Waals surface area contributed by atoms with Gasteiger partial charge in [-0.1, -0.05) is 30.2 Å². The molecule has 3 heteroatoms.